The molecule has 0 saturated heterocycles. The fourth-order valence-electron chi connectivity index (χ4n) is 3.98. The Morgan fingerprint density at radius 3 is 2.40 bits per heavy atom. The molecule has 0 aliphatic heterocycles. The highest BCUT2D eigenvalue weighted by Crippen LogP contribution is 2.30. The van der Waals surface area contributed by atoms with Crippen LogP contribution in [0, 0.1) is 0 Å². The van der Waals surface area contributed by atoms with Gasteiger partial charge in [-0.15, -0.1) is 0 Å². The molecule has 2 amide bonds. The van der Waals surface area contributed by atoms with Gasteiger partial charge in [-0.1, -0.05) is 12.1 Å². The number of H-pyrrole nitrogens is 1. The van der Waals surface area contributed by atoms with E-state index in [-0.39, 0.29) is 11.5 Å². The molecule has 0 radical (unpaired) electrons. The van der Waals surface area contributed by atoms with Crippen molar-refractivity contribution >= 4 is 45.1 Å². The van der Waals surface area contributed by atoms with E-state index in [2.05, 4.69) is 20.6 Å². The molecule has 0 aliphatic rings. The van der Waals surface area contributed by atoms with Crippen LogP contribution >= 0.6 is 0 Å². The van der Waals surface area contributed by atoms with E-state index in [1.807, 2.05) is 6.07 Å². The summed E-state index contributed by atoms with van der Waals surface area (Å²) in [4.78, 5) is 32.9. The zero-order valence-electron chi connectivity index (χ0n) is 18.3. The van der Waals surface area contributed by atoms with E-state index < -0.39 is 17.6 Å². The minimum Gasteiger partial charge on any atom is -0.346 e. The number of pyridine rings is 1. The highest BCUT2D eigenvalue weighted by molar-refractivity contribution is 6.11. The second kappa shape index (κ2) is 8.32. The molecule has 35 heavy (non-hydrogen) atoms. The highest BCUT2D eigenvalue weighted by atomic mass is 19.4. The molecule has 3 heterocycles. The number of aryl methyl sites for hydroxylation is 1. The van der Waals surface area contributed by atoms with Crippen LogP contribution in [0.1, 0.15) is 26.4 Å². The third-order valence-corrected chi connectivity index (χ3v) is 5.64. The molecule has 176 valence electrons. The maximum Gasteiger partial charge on any atom is 0.416 e. The van der Waals surface area contributed by atoms with Crippen molar-refractivity contribution < 1.29 is 22.8 Å². The van der Waals surface area contributed by atoms with Crippen molar-refractivity contribution in [1.82, 2.24) is 14.5 Å². The van der Waals surface area contributed by atoms with E-state index in [1.165, 1.54) is 18.2 Å². The largest absolute Gasteiger partial charge is 0.416 e. The maximum absolute atomic E-state index is 13.0. The van der Waals surface area contributed by atoms with Crippen LogP contribution in [0.5, 0.6) is 0 Å². The zero-order chi connectivity index (χ0) is 24.7. The van der Waals surface area contributed by atoms with Crippen molar-refractivity contribution in [2.45, 2.75) is 6.18 Å². The van der Waals surface area contributed by atoms with Gasteiger partial charge in [0.25, 0.3) is 11.8 Å². The molecular formula is C25H18F3N5O2. The number of benzene rings is 2. The van der Waals surface area contributed by atoms with Crippen LogP contribution in [0.4, 0.5) is 24.5 Å². The average molecular weight is 477 g/mol. The Bertz CT molecular complexity index is 1600. The monoisotopic (exact) mass is 477 g/mol. The van der Waals surface area contributed by atoms with E-state index in [0.717, 1.165) is 34.1 Å². The summed E-state index contributed by atoms with van der Waals surface area (Å²) < 4.78 is 40.6. The molecule has 5 aromatic rings. The van der Waals surface area contributed by atoms with Crippen LogP contribution < -0.4 is 10.6 Å². The Morgan fingerprint density at radius 2 is 1.66 bits per heavy atom. The Balaban J connectivity index is 1.36. The molecule has 3 aromatic heterocycles. The Labute approximate surface area is 196 Å². The maximum atomic E-state index is 13.0. The molecule has 0 spiro atoms. The first-order valence-electron chi connectivity index (χ1n) is 10.5. The molecule has 0 saturated carbocycles. The van der Waals surface area contributed by atoms with E-state index in [1.54, 1.807) is 48.3 Å². The number of hydrogen-bond donors (Lipinski definition) is 3. The number of hydrogen-bond acceptors (Lipinski definition) is 3. The average Bonchev–Trinajstić information content (AvgIpc) is 3.43. The molecule has 0 unspecified atom stereocenters. The number of fused-ring (bicyclic) bond motifs is 3. The molecule has 0 atom stereocenters. The first-order valence-corrected chi connectivity index (χ1v) is 10.5. The van der Waals surface area contributed by atoms with E-state index in [9.17, 15) is 22.8 Å². The summed E-state index contributed by atoms with van der Waals surface area (Å²) in [6.45, 7) is 0. The smallest absolute Gasteiger partial charge is 0.346 e. The lowest BCUT2D eigenvalue weighted by molar-refractivity contribution is -0.137. The Kier molecular flexibility index (Phi) is 5.28. The first kappa shape index (κ1) is 22.2. The van der Waals surface area contributed by atoms with Gasteiger partial charge in [-0.25, -0.2) is 4.98 Å². The third kappa shape index (κ3) is 4.21. The van der Waals surface area contributed by atoms with E-state index in [4.69, 9.17) is 0 Å². The van der Waals surface area contributed by atoms with Crippen molar-refractivity contribution in [2.24, 2.45) is 7.05 Å². The van der Waals surface area contributed by atoms with Crippen LogP contribution in [0.2, 0.25) is 0 Å². The van der Waals surface area contributed by atoms with E-state index >= 15 is 0 Å². The lowest BCUT2D eigenvalue weighted by Crippen LogP contribution is -2.16. The molecule has 0 bridgehead atoms. The molecule has 3 N–H and O–H groups in total. The first-order chi connectivity index (χ1) is 16.7. The number of rotatable bonds is 4. The van der Waals surface area contributed by atoms with Crippen LogP contribution in [-0.4, -0.2) is 26.3 Å². The summed E-state index contributed by atoms with van der Waals surface area (Å²) in [7, 11) is 1.79. The molecule has 5 rings (SSSR count). The number of carbonyl (C=O) groups is 2. The zero-order valence-corrected chi connectivity index (χ0v) is 18.3. The number of nitrogens with zero attached hydrogens (tertiary/aromatic N) is 2. The van der Waals surface area contributed by atoms with E-state index in [0.29, 0.717) is 17.1 Å². The van der Waals surface area contributed by atoms with Gasteiger partial charge in [-0.2, -0.15) is 13.2 Å². The lowest BCUT2D eigenvalue weighted by Gasteiger charge is -2.11. The number of carbonyl (C=O) groups excluding carboxylic acids is 2. The van der Waals surface area contributed by atoms with Crippen molar-refractivity contribution in [1.29, 1.82) is 0 Å². The standard InChI is InChI=1S/C25H18F3N5O2/c1-33-20(11-15-13-30-22-19(21(15)33)8-9-29-22)24(35)32-18-7-3-6-17(12-18)31-23(34)14-4-2-5-16(10-14)25(26,27)28/h2-13H,1H3,(H,29,30)(H,31,34)(H,32,35). The van der Waals surface area contributed by atoms with Crippen LogP contribution in [0.3, 0.4) is 0 Å². The molecular weight excluding hydrogens is 459 g/mol. The topological polar surface area (TPSA) is 91.8 Å². The van der Waals surface area contributed by atoms with Gasteiger partial charge in [0, 0.05) is 47.2 Å². The van der Waals surface area contributed by atoms with Gasteiger partial charge in [0.2, 0.25) is 0 Å². The number of aromatic nitrogens is 3. The molecule has 0 fully saturated rings. The van der Waals surface area contributed by atoms with Crippen molar-refractivity contribution in [2.75, 3.05) is 10.6 Å². The molecule has 2 aromatic carbocycles. The van der Waals surface area contributed by atoms with Crippen LogP contribution in [-0.2, 0) is 13.2 Å². The van der Waals surface area contributed by atoms with Gasteiger partial charge in [0.1, 0.15) is 11.3 Å². The van der Waals surface area contributed by atoms with Gasteiger partial charge >= 0.3 is 6.18 Å². The van der Waals surface area contributed by atoms with Gasteiger partial charge in [0.15, 0.2) is 0 Å². The summed E-state index contributed by atoms with van der Waals surface area (Å²) in [5.74, 6) is -1.06. The van der Waals surface area contributed by atoms with Gasteiger partial charge in [-0.05, 0) is 48.5 Å². The SMILES string of the molecule is Cn1c(C(=O)Nc2cccc(NC(=O)c3cccc(C(F)(F)F)c3)c2)cc2cnc3[nH]ccc3c21. The van der Waals surface area contributed by atoms with Crippen LogP contribution in [0.25, 0.3) is 21.9 Å². The second-order valence-corrected chi connectivity index (χ2v) is 7.96. The lowest BCUT2D eigenvalue weighted by atomic mass is 10.1. The minimum absolute atomic E-state index is 0.130. The van der Waals surface area contributed by atoms with Crippen LogP contribution in [0.15, 0.2) is 73.1 Å². The number of halogens is 3. The van der Waals surface area contributed by atoms with Gasteiger partial charge in [0.05, 0.1) is 11.1 Å². The number of alkyl halides is 3. The molecule has 0 aliphatic carbocycles. The minimum atomic E-state index is -4.55. The van der Waals surface area contributed by atoms with Gasteiger partial charge < -0.3 is 20.2 Å². The predicted octanol–water partition coefficient (Wildman–Crippen LogP) is 5.58. The Morgan fingerprint density at radius 1 is 0.943 bits per heavy atom. The molecule has 10 heteroatoms. The summed E-state index contributed by atoms with van der Waals surface area (Å²) in [6, 6.07) is 14.2. The quantitative estimate of drug-likeness (QED) is 0.316. The summed E-state index contributed by atoms with van der Waals surface area (Å²) in [6.07, 6.45) is -1.08. The summed E-state index contributed by atoms with van der Waals surface area (Å²) in [5.41, 5.74) is 1.68. The van der Waals surface area contributed by atoms with Crippen molar-refractivity contribution in [3.05, 3.63) is 89.9 Å². The normalized spacial score (nSPS) is 11.7. The fraction of sp³-hybridized carbons (Fsp3) is 0.0800. The fourth-order valence-corrected chi connectivity index (χ4v) is 3.98. The molecule has 7 nitrogen and oxygen atoms in total. The number of aromatic amines is 1. The third-order valence-electron chi connectivity index (χ3n) is 5.64. The predicted molar refractivity (Wildman–Crippen MR) is 126 cm³/mol. The Hall–Kier alpha value is -4.60. The summed E-state index contributed by atoms with van der Waals surface area (Å²) in [5, 5.41) is 7.07. The number of anilines is 2. The van der Waals surface area contributed by atoms with Crippen molar-refractivity contribution in [3.63, 3.8) is 0 Å². The van der Waals surface area contributed by atoms with Gasteiger partial charge in [-0.3, -0.25) is 9.59 Å². The number of amides is 2. The highest BCUT2D eigenvalue weighted by Gasteiger charge is 2.30. The van der Waals surface area contributed by atoms with Crippen molar-refractivity contribution in [3.8, 4) is 0 Å². The second-order valence-electron chi connectivity index (χ2n) is 7.96. The summed E-state index contributed by atoms with van der Waals surface area (Å²) >= 11 is 0. The number of nitrogens with one attached hydrogen (secondary N) is 3.